The quantitative estimate of drug-likeness (QED) is 0.299. The number of phenolic OH excluding ortho intramolecular Hbond substituents is 1. The molecule has 0 aliphatic heterocycles. The van der Waals surface area contributed by atoms with Gasteiger partial charge in [0.2, 0.25) is 5.78 Å². The fraction of sp³-hybridized carbons (Fsp3) is 0.0667. The van der Waals surface area contributed by atoms with Crippen molar-refractivity contribution in [3.63, 3.8) is 0 Å². The van der Waals surface area contributed by atoms with Gasteiger partial charge in [0.1, 0.15) is 23.9 Å². The molecular formula is C30H23N3O3. The van der Waals surface area contributed by atoms with Crippen LogP contribution in [0.5, 0.6) is 17.2 Å². The standard InChI is InChI=1S/C30H23N3O3/c1-35-22-13-11-21(12-14-22)25-18-33-27-10-6-5-9-26(27)31-30(33)32-29(25)24-16-15-23(17-28(24)34)36-19-20-7-3-2-4-8-20/h2-18,34H,19H2,1H3. The van der Waals surface area contributed by atoms with Crippen molar-refractivity contribution in [2.75, 3.05) is 7.11 Å². The van der Waals surface area contributed by atoms with Gasteiger partial charge in [0, 0.05) is 23.4 Å². The van der Waals surface area contributed by atoms with Crippen LogP contribution in [0.3, 0.4) is 0 Å². The smallest absolute Gasteiger partial charge is 0.235 e. The highest BCUT2D eigenvalue weighted by molar-refractivity contribution is 5.87. The SMILES string of the molecule is COc1ccc(-c2cn3c(nc2-c2ccc(OCc4ccccc4)cc2O)nc2ccccc23)cc1. The zero-order valence-electron chi connectivity index (χ0n) is 19.6. The predicted molar refractivity (Wildman–Crippen MR) is 140 cm³/mol. The van der Waals surface area contributed by atoms with E-state index in [9.17, 15) is 5.11 Å². The lowest BCUT2D eigenvalue weighted by Gasteiger charge is -2.14. The van der Waals surface area contributed by atoms with Crippen LogP contribution in [0.1, 0.15) is 5.56 Å². The van der Waals surface area contributed by atoms with Crippen molar-refractivity contribution in [1.82, 2.24) is 14.4 Å². The van der Waals surface area contributed by atoms with Gasteiger partial charge in [0.25, 0.3) is 0 Å². The van der Waals surface area contributed by atoms with Crippen LogP contribution in [0.25, 0.3) is 39.2 Å². The highest BCUT2D eigenvalue weighted by atomic mass is 16.5. The summed E-state index contributed by atoms with van der Waals surface area (Å²) in [6, 6.07) is 31.0. The summed E-state index contributed by atoms with van der Waals surface area (Å²) in [6.07, 6.45) is 2.02. The molecular weight excluding hydrogens is 450 g/mol. The normalized spacial score (nSPS) is 11.1. The Bertz CT molecular complexity index is 1680. The summed E-state index contributed by atoms with van der Waals surface area (Å²) in [7, 11) is 1.64. The molecule has 0 saturated heterocycles. The van der Waals surface area contributed by atoms with Gasteiger partial charge in [-0.15, -0.1) is 0 Å². The summed E-state index contributed by atoms with van der Waals surface area (Å²) in [4.78, 5) is 9.60. The van der Waals surface area contributed by atoms with E-state index in [-0.39, 0.29) is 5.75 Å². The zero-order chi connectivity index (χ0) is 24.5. The summed E-state index contributed by atoms with van der Waals surface area (Å²) in [5.74, 6) is 2.00. The number of para-hydroxylation sites is 2. The Morgan fingerprint density at radius 2 is 1.53 bits per heavy atom. The second-order valence-electron chi connectivity index (χ2n) is 8.46. The van der Waals surface area contributed by atoms with E-state index in [1.54, 1.807) is 13.2 Å². The molecule has 1 N–H and O–H groups in total. The minimum absolute atomic E-state index is 0.0864. The topological polar surface area (TPSA) is 68.9 Å². The first-order chi connectivity index (χ1) is 17.7. The maximum Gasteiger partial charge on any atom is 0.235 e. The molecule has 6 heteroatoms. The van der Waals surface area contributed by atoms with Crippen molar-refractivity contribution in [3.05, 3.63) is 109 Å². The molecule has 0 radical (unpaired) electrons. The number of phenols is 1. The number of fused-ring (bicyclic) bond motifs is 3. The number of aromatic nitrogens is 3. The zero-order valence-corrected chi connectivity index (χ0v) is 19.6. The minimum Gasteiger partial charge on any atom is -0.507 e. The van der Waals surface area contributed by atoms with Crippen LogP contribution in [0.4, 0.5) is 0 Å². The third kappa shape index (κ3) is 3.99. The van der Waals surface area contributed by atoms with E-state index >= 15 is 0 Å². The van der Waals surface area contributed by atoms with E-state index in [4.69, 9.17) is 19.4 Å². The second-order valence-corrected chi connectivity index (χ2v) is 8.46. The first-order valence-electron chi connectivity index (χ1n) is 11.6. The Morgan fingerprint density at radius 3 is 2.31 bits per heavy atom. The number of ether oxygens (including phenoxy) is 2. The van der Waals surface area contributed by atoms with Crippen molar-refractivity contribution in [3.8, 4) is 39.6 Å². The Hall–Kier alpha value is -4.84. The lowest BCUT2D eigenvalue weighted by Crippen LogP contribution is -1.98. The highest BCUT2D eigenvalue weighted by Crippen LogP contribution is 2.38. The van der Waals surface area contributed by atoms with Gasteiger partial charge < -0.3 is 14.6 Å². The van der Waals surface area contributed by atoms with Crippen molar-refractivity contribution in [1.29, 1.82) is 0 Å². The van der Waals surface area contributed by atoms with Crippen LogP contribution in [0.2, 0.25) is 0 Å². The second kappa shape index (κ2) is 9.07. The molecule has 2 heterocycles. The minimum atomic E-state index is 0.0864. The lowest BCUT2D eigenvalue weighted by molar-refractivity contribution is 0.304. The number of nitrogens with zero attached hydrogens (tertiary/aromatic N) is 3. The van der Waals surface area contributed by atoms with Crippen LogP contribution in [-0.2, 0) is 6.61 Å². The monoisotopic (exact) mass is 473 g/mol. The van der Waals surface area contributed by atoms with Crippen molar-refractivity contribution < 1.29 is 14.6 Å². The van der Waals surface area contributed by atoms with Gasteiger partial charge >= 0.3 is 0 Å². The molecule has 4 aromatic carbocycles. The molecule has 0 unspecified atom stereocenters. The molecule has 6 aromatic rings. The van der Waals surface area contributed by atoms with Gasteiger partial charge in [0.15, 0.2) is 0 Å². The van der Waals surface area contributed by atoms with Crippen LogP contribution in [0, 0.1) is 0 Å². The predicted octanol–water partition coefficient (Wildman–Crippen LogP) is 6.51. The average Bonchev–Trinajstić information content (AvgIpc) is 3.29. The summed E-state index contributed by atoms with van der Waals surface area (Å²) < 4.78 is 13.2. The number of imidazole rings is 1. The van der Waals surface area contributed by atoms with Crippen LogP contribution in [0.15, 0.2) is 103 Å². The molecule has 2 aromatic heterocycles. The van der Waals surface area contributed by atoms with E-state index in [0.29, 0.717) is 29.4 Å². The summed E-state index contributed by atoms with van der Waals surface area (Å²) in [6.45, 7) is 0.418. The van der Waals surface area contributed by atoms with Crippen molar-refractivity contribution in [2.45, 2.75) is 6.61 Å². The first-order valence-corrected chi connectivity index (χ1v) is 11.6. The van der Waals surface area contributed by atoms with E-state index in [1.807, 2.05) is 102 Å². The average molecular weight is 474 g/mol. The maximum atomic E-state index is 11.0. The Kier molecular flexibility index (Phi) is 5.46. The Balaban J connectivity index is 1.46. The number of methoxy groups -OCH3 is 1. The summed E-state index contributed by atoms with van der Waals surface area (Å²) >= 11 is 0. The van der Waals surface area contributed by atoms with Crippen LogP contribution in [-0.4, -0.2) is 26.6 Å². The molecule has 0 fully saturated rings. The van der Waals surface area contributed by atoms with E-state index in [1.165, 1.54) is 0 Å². The molecule has 0 atom stereocenters. The third-order valence-electron chi connectivity index (χ3n) is 6.18. The third-order valence-corrected chi connectivity index (χ3v) is 6.18. The van der Waals surface area contributed by atoms with Gasteiger partial charge in [-0.05, 0) is 47.5 Å². The molecule has 6 nitrogen and oxygen atoms in total. The first kappa shape index (κ1) is 21.7. The summed E-state index contributed by atoms with van der Waals surface area (Å²) in [5.41, 5.74) is 5.93. The molecule has 176 valence electrons. The largest absolute Gasteiger partial charge is 0.507 e. The number of benzene rings is 4. The molecule has 0 aliphatic carbocycles. The number of hydrogen-bond donors (Lipinski definition) is 1. The maximum absolute atomic E-state index is 11.0. The number of rotatable bonds is 6. The van der Waals surface area contributed by atoms with Gasteiger partial charge in [-0.2, -0.15) is 0 Å². The van der Waals surface area contributed by atoms with E-state index in [0.717, 1.165) is 33.5 Å². The van der Waals surface area contributed by atoms with Gasteiger partial charge in [-0.3, -0.25) is 4.40 Å². The molecule has 0 aliphatic rings. The van der Waals surface area contributed by atoms with E-state index in [2.05, 4.69) is 0 Å². The van der Waals surface area contributed by atoms with Gasteiger partial charge in [0.05, 0.1) is 23.8 Å². The van der Waals surface area contributed by atoms with Crippen LogP contribution < -0.4 is 9.47 Å². The highest BCUT2D eigenvalue weighted by Gasteiger charge is 2.18. The molecule has 0 saturated carbocycles. The fourth-order valence-corrected chi connectivity index (χ4v) is 4.32. The Morgan fingerprint density at radius 1 is 0.778 bits per heavy atom. The van der Waals surface area contributed by atoms with Crippen molar-refractivity contribution in [2.24, 2.45) is 0 Å². The lowest BCUT2D eigenvalue weighted by atomic mass is 10.00. The van der Waals surface area contributed by atoms with Crippen molar-refractivity contribution >= 4 is 16.8 Å². The molecule has 0 amide bonds. The molecule has 6 rings (SSSR count). The fourth-order valence-electron chi connectivity index (χ4n) is 4.32. The molecule has 36 heavy (non-hydrogen) atoms. The Labute approximate surface area is 208 Å². The number of hydrogen-bond acceptors (Lipinski definition) is 5. The number of aromatic hydroxyl groups is 1. The van der Waals surface area contributed by atoms with Gasteiger partial charge in [-0.25, -0.2) is 9.97 Å². The molecule has 0 bridgehead atoms. The van der Waals surface area contributed by atoms with Gasteiger partial charge in [-0.1, -0.05) is 54.6 Å². The molecule has 0 spiro atoms. The van der Waals surface area contributed by atoms with Crippen LogP contribution >= 0.6 is 0 Å². The van der Waals surface area contributed by atoms with E-state index < -0.39 is 0 Å². The summed E-state index contributed by atoms with van der Waals surface area (Å²) in [5, 5.41) is 11.0.